The van der Waals surface area contributed by atoms with Crippen LogP contribution in [0.5, 0.6) is 0 Å². The van der Waals surface area contributed by atoms with Gasteiger partial charge in [0.25, 0.3) is 5.91 Å². The second-order valence-corrected chi connectivity index (χ2v) is 4.91. The van der Waals surface area contributed by atoms with Crippen LogP contribution in [0.4, 0.5) is 0 Å². The SMILES string of the molecule is CCC(C)NC(=O)/C(C#N)=C\N1CCN(CC)CC1. The molecule has 1 heterocycles. The van der Waals surface area contributed by atoms with Crippen LogP contribution in [0.3, 0.4) is 0 Å². The molecule has 1 aliphatic heterocycles. The van der Waals surface area contributed by atoms with Crippen molar-refractivity contribution < 1.29 is 4.79 Å². The Bertz CT molecular complexity index is 364. The fraction of sp³-hybridized carbons (Fsp3) is 0.714. The Kier molecular flexibility index (Phi) is 6.37. The Balaban J connectivity index is 2.57. The van der Waals surface area contributed by atoms with Gasteiger partial charge in [0.1, 0.15) is 11.6 Å². The molecule has 106 valence electrons. The third kappa shape index (κ3) is 4.92. The van der Waals surface area contributed by atoms with Crippen molar-refractivity contribution in [3.05, 3.63) is 11.8 Å². The summed E-state index contributed by atoms with van der Waals surface area (Å²) in [6.45, 7) is 10.9. The van der Waals surface area contributed by atoms with Crippen LogP contribution in [0, 0.1) is 11.3 Å². The smallest absolute Gasteiger partial charge is 0.263 e. The van der Waals surface area contributed by atoms with Crippen LogP contribution in [0.25, 0.3) is 0 Å². The molecule has 1 aliphatic rings. The van der Waals surface area contributed by atoms with E-state index in [1.165, 1.54) is 0 Å². The Hall–Kier alpha value is -1.54. The van der Waals surface area contributed by atoms with E-state index >= 15 is 0 Å². The number of amides is 1. The summed E-state index contributed by atoms with van der Waals surface area (Å²) in [4.78, 5) is 16.3. The van der Waals surface area contributed by atoms with E-state index in [0.29, 0.717) is 0 Å². The molecule has 0 aromatic rings. The third-order valence-electron chi connectivity index (χ3n) is 3.52. The maximum absolute atomic E-state index is 11.9. The second-order valence-electron chi connectivity index (χ2n) is 4.91. The van der Waals surface area contributed by atoms with Gasteiger partial charge < -0.3 is 15.1 Å². The number of hydrogen-bond donors (Lipinski definition) is 1. The number of carbonyl (C=O) groups excluding carboxylic acids is 1. The zero-order valence-corrected chi connectivity index (χ0v) is 12.1. The lowest BCUT2D eigenvalue weighted by Gasteiger charge is -2.33. The van der Waals surface area contributed by atoms with Crippen molar-refractivity contribution in [2.24, 2.45) is 0 Å². The molecule has 0 bridgehead atoms. The highest BCUT2D eigenvalue weighted by atomic mass is 16.1. The summed E-state index contributed by atoms with van der Waals surface area (Å²) >= 11 is 0. The number of nitrogens with one attached hydrogen (secondary N) is 1. The van der Waals surface area contributed by atoms with E-state index in [1.807, 2.05) is 19.9 Å². The van der Waals surface area contributed by atoms with Crippen molar-refractivity contribution in [2.75, 3.05) is 32.7 Å². The van der Waals surface area contributed by atoms with Gasteiger partial charge in [0.05, 0.1) is 0 Å². The second kappa shape index (κ2) is 7.80. The molecule has 1 rings (SSSR count). The van der Waals surface area contributed by atoms with Crippen molar-refractivity contribution in [2.45, 2.75) is 33.2 Å². The minimum atomic E-state index is -0.269. The zero-order chi connectivity index (χ0) is 14.3. The molecule has 1 unspecified atom stereocenters. The number of nitrogens with zero attached hydrogens (tertiary/aromatic N) is 3. The first kappa shape index (κ1) is 15.5. The van der Waals surface area contributed by atoms with Crippen molar-refractivity contribution in [1.29, 1.82) is 5.26 Å². The minimum Gasteiger partial charge on any atom is -0.374 e. The van der Waals surface area contributed by atoms with Gasteiger partial charge >= 0.3 is 0 Å². The predicted octanol–water partition coefficient (Wildman–Crippen LogP) is 0.946. The van der Waals surface area contributed by atoms with Crippen LogP contribution < -0.4 is 5.32 Å². The van der Waals surface area contributed by atoms with Gasteiger partial charge in [0.15, 0.2) is 0 Å². The van der Waals surface area contributed by atoms with Crippen molar-refractivity contribution in [1.82, 2.24) is 15.1 Å². The fourth-order valence-corrected chi connectivity index (χ4v) is 1.93. The van der Waals surface area contributed by atoms with Crippen LogP contribution in [0.2, 0.25) is 0 Å². The molecule has 1 amide bonds. The quantitative estimate of drug-likeness (QED) is 0.593. The number of nitriles is 1. The first-order valence-corrected chi connectivity index (χ1v) is 6.99. The molecule has 5 nitrogen and oxygen atoms in total. The third-order valence-corrected chi connectivity index (χ3v) is 3.52. The highest BCUT2D eigenvalue weighted by Gasteiger charge is 2.16. The molecule has 1 saturated heterocycles. The average molecular weight is 264 g/mol. The zero-order valence-electron chi connectivity index (χ0n) is 12.1. The molecule has 0 radical (unpaired) electrons. The van der Waals surface area contributed by atoms with Gasteiger partial charge in [-0.2, -0.15) is 5.26 Å². The molecule has 0 aliphatic carbocycles. The summed E-state index contributed by atoms with van der Waals surface area (Å²) in [5.74, 6) is -0.269. The van der Waals surface area contributed by atoms with Gasteiger partial charge in [-0.25, -0.2) is 0 Å². The summed E-state index contributed by atoms with van der Waals surface area (Å²) in [5.41, 5.74) is 0.199. The first-order chi connectivity index (χ1) is 9.10. The normalized spacial score (nSPS) is 18.8. The number of carbonyl (C=O) groups is 1. The van der Waals surface area contributed by atoms with E-state index in [4.69, 9.17) is 5.26 Å². The number of piperazine rings is 1. The topological polar surface area (TPSA) is 59.4 Å². The lowest BCUT2D eigenvalue weighted by Crippen LogP contribution is -2.44. The predicted molar refractivity (Wildman–Crippen MR) is 75.3 cm³/mol. The van der Waals surface area contributed by atoms with Gasteiger partial charge in [0.2, 0.25) is 0 Å². The highest BCUT2D eigenvalue weighted by molar-refractivity contribution is 5.97. The molecule has 5 heteroatoms. The summed E-state index contributed by atoms with van der Waals surface area (Å²) in [7, 11) is 0. The maximum atomic E-state index is 11.9. The van der Waals surface area contributed by atoms with E-state index in [1.54, 1.807) is 6.20 Å². The molecule has 19 heavy (non-hydrogen) atoms. The molecular formula is C14H24N4O. The van der Waals surface area contributed by atoms with Crippen molar-refractivity contribution >= 4 is 5.91 Å². The number of hydrogen-bond acceptors (Lipinski definition) is 4. The van der Waals surface area contributed by atoms with Crippen LogP contribution in [0.1, 0.15) is 27.2 Å². The molecule has 0 saturated carbocycles. The van der Waals surface area contributed by atoms with E-state index in [-0.39, 0.29) is 17.5 Å². The van der Waals surface area contributed by atoms with Gasteiger partial charge in [-0.3, -0.25) is 4.79 Å². The van der Waals surface area contributed by atoms with Crippen LogP contribution >= 0.6 is 0 Å². The number of likely N-dealkylation sites (N-methyl/N-ethyl adjacent to an activating group) is 1. The Morgan fingerprint density at radius 3 is 2.47 bits per heavy atom. The van der Waals surface area contributed by atoms with Gasteiger partial charge in [-0.1, -0.05) is 13.8 Å². The molecule has 1 atom stereocenters. The molecule has 0 aromatic heterocycles. The Morgan fingerprint density at radius 2 is 2.00 bits per heavy atom. The van der Waals surface area contributed by atoms with Crippen LogP contribution in [0.15, 0.2) is 11.8 Å². The van der Waals surface area contributed by atoms with E-state index < -0.39 is 0 Å². The largest absolute Gasteiger partial charge is 0.374 e. The fourth-order valence-electron chi connectivity index (χ4n) is 1.93. The van der Waals surface area contributed by atoms with Crippen molar-refractivity contribution in [3.63, 3.8) is 0 Å². The standard InChI is InChI=1S/C14H24N4O/c1-4-12(3)16-14(19)13(10-15)11-18-8-6-17(5-2)7-9-18/h11-12H,4-9H2,1-3H3,(H,16,19)/b13-11-. The lowest BCUT2D eigenvalue weighted by atomic mass is 10.2. The van der Waals surface area contributed by atoms with E-state index in [2.05, 4.69) is 22.0 Å². The van der Waals surface area contributed by atoms with Crippen LogP contribution in [-0.2, 0) is 4.79 Å². The van der Waals surface area contributed by atoms with Gasteiger partial charge in [0, 0.05) is 38.4 Å². The molecule has 0 spiro atoms. The molecular weight excluding hydrogens is 240 g/mol. The molecule has 0 aromatic carbocycles. The lowest BCUT2D eigenvalue weighted by molar-refractivity contribution is -0.117. The molecule has 1 N–H and O–H groups in total. The maximum Gasteiger partial charge on any atom is 0.263 e. The van der Waals surface area contributed by atoms with Gasteiger partial charge in [-0.15, -0.1) is 0 Å². The first-order valence-electron chi connectivity index (χ1n) is 6.99. The minimum absolute atomic E-state index is 0.0983. The Morgan fingerprint density at radius 1 is 1.37 bits per heavy atom. The van der Waals surface area contributed by atoms with Gasteiger partial charge in [-0.05, 0) is 19.9 Å². The average Bonchev–Trinajstić information content (AvgIpc) is 2.44. The van der Waals surface area contributed by atoms with Crippen LogP contribution in [-0.4, -0.2) is 54.5 Å². The summed E-state index contributed by atoms with van der Waals surface area (Å²) < 4.78 is 0. The summed E-state index contributed by atoms with van der Waals surface area (Å²) in [5, 5.41) is 11.9. The monoisotopic (exact) mass is 264 g/mol. The Labute approximate surface area is 115 Å². The summed E-state index contributed by atoms with van der Waals surface area (Å²) in [6, 6.07) is 2.10. The van der Waals surface area contributed by atoms with E-state index in [9.17, 15) is 4.79 Å². The highest BCUT2D eigenvalue weighted by Crippen LogP contribution is 2.05. The number of rotatable bonds is 5. The summed E-state index contributed by atoms with van der Waals surface area (Å²) in [6.07, 6.45) is 2.56. The van der Waals surface area contributed by atoms with E-state index in [0.717, 1.165) is 39.1 Å². The molecule has 1 fully saturated rings. The van der Waals surface area contributed by atoms with Crippen molar-refractivity contribution in [3.8, 4) is 6.07 Å².